The zero-order chi connectivity index (χ0) is 14.8. The quantitative estimate of drug-likeness (QED) is 0.690. The van der Waals surface area contributed by atoms with E-state index < -0.39 is 0 Å². The Morgan fingerprint density at radius 2 is 2.19 bits per heavy atom. The minimum atomic E-state index is 0.231. The van der Waals surface area contributed by atoms with Crippen molar-refractivity contribution in [2.75, 3.05) is 0 Å². The Morgan fingerprint density at radius 3 is 2.95 bits per heavy atom. The maximum absolute atomic E-state index is 11.3. The Bertz CT molecular complexity index is 875. The molecule has 5 heteroatoms. The Labute approximate surface area is 121 Å². The van der Waals surface area contributed by atoms with Crippen molar-refractivity contribution in [2.45, 2.75) is 6.92 Å². The van der Waals surface area contributed by atoms with Gasteiger partial charge in [-0.3, -0.25) is 9.20 Å². The third kappa shape index (κ3) is 2.23. The lowest BCUT2D eigenvalue weighted by Gasteiger charge is -2.06. The van der Waals surface area contributed by atoms with Gasteiger partial charge >= 0.3 is 0 Å². The van der Waals surface area contributed by atoms with Gasteiger partial charge in [0, 0.05) is 6.20 Å². The van der Waals surface area contributed by atoms with Crippen molar-refractivity contribution in [1.29, 1.82) is 5.26 Å². The zero-order valence-corrected chi connectivity index (χ0v) is 11.3. The first-order valence-electron chi connectivity index (χ1n) is 6.34. The molecule has 5 nitrogen and oxygen atoms in total. The van der Waals surface area contributed by atoms with E-state index in [9.17, 15) is 4.79 Å². The first-order chi connectivity index (χ1) is 10.2. The summed E-state index contributed by atoms with van der Waals surface area (Å²) in [6.45, 7) is 1.87. The lowest BCUT2D eigenvalue weighted by atomic mass is 10.1. The van der Waals surface area contributed by atoms with Crippen LogP contribution in [0.1, 0.15) is 21.6 Å². The topological polar surface area (TPSA) is 67.4 Å². The van der Waals surface area contributed by atoms with Gasteiger partial charge in [0.1, 0.15) is 11.4 Å². The monoisotopic (exact) mass is 277 g/mol. The number of fused-ring (bicyclic) bond motifs is 1. The van der Waals surface area contributed by atoms with Crippen molar-refractivity contribution in [3.63, 3.8) is 0 Å². The second-order valence-electron chi connectivity index (χ2n) is 4.54. The third-order valence-electron chi connectivity index (χ3n) is 3.17. The van der Waals surface area contributed by atoms with Gasteiger partial charge in [-0.05, 0) is 36.8 Å². The minimum absolute atomic E-state index is 0.231. The van der Waals surface area contributed by atoms with Crippen LogP contribution in [0.5, 0.6) is 11.6 Å². The predicted molar refractivity (Wildman–Crippen MR) is 76.5 cm³/mol. The molecule has 0 saturated heterocycles. The Balaban J connectivity index is 2.10. The van der Waals surface area contributed by atoms with Crippen LogP contribution in [0.25, 0.3) is 5.65 Å². The van der Waals surface area contributed by atoms with Crippen LogP contribution in [0.15, 0.2) is 42.6 Å². The fraction of sp³-hybridized carbons (Fsp3) is 0.0625. The molecule has 0 saturated carbocycles. The van der Waals surface area contributed by atoms with Gasteiger partial charge in [0.25, 0.3) is 0 Å². The largest absolute Gasteiger partial charge is 0.437 e. The molecule has 0 spiro atoms. The molecule has 1 aromatic carbocycles. The SMILES string of the molecule is Cc1ccc(C#N)cc1Oc1nc2ccccn2c1C=O. The fourth-order valence-corrected chi connectivity index (χ4v) is 2.06. The van der Waals surface area contributed by atoms with Crippen molar-refractivity contribution >= 4 is 11.9 Å². The Kier molecular flexibility index (Phi) is 3.13. The lowest BCUT2D eigenvalue weighted by Crippen LogP contribution is -1.94. The summed E-state index contributed by atoms with van der Waals surface area (Å²) in [5.74, 6) is 0.745. The van der Waals surface area contributed by atoms with Gasteiger partial charge in [0.2, 0.25) is 5.88 Å². The number of ether oxygens (including phenoxy) is 1. The van der Waals surface area contributed by atoms with Gasteiger partial charge in [-0.1, -0.05) is 12.1 Å². The number of nitrogens with zero attached hydrogens (tertiary/aromatic N) is 3. The highest BCUT2D eigenvalue weighted by Gasteiger charge is 2.14. The van der Waals surface area contributed by atoms with E-state index >= 15 is 0 Å². The van der Waals surface area contributed by atoms with Crippen LogP contribution in [0, 0.1) is 18.3 Å². The summed E-state index contributed by atoms with van der Waals surface area (Å²) in [5, 5.41) is 8.95. The molecule has 2 heterocycles. The summed E-state index contributed by atoms with van der Waals surface area (Å²) in [6, 6.07) is 12.6. The summed E-state index contributed by atoms with van der Waals surface area (Å²) in [4.78, 5) is 15.6. The summed E-state index contributed by atoms with van der Waals surface area (Å²) in [7, 11) is 0. The average Bonchev–Trinajstić information content (AvgIpc) is 2.86. The summed E-state index contributed by atoms with van der Waals surface area (Å²) in [6.07, 6.45) is 2.45. The van der Waals surface area contributed by atoms with Crippen molar-refractivity contribution in [3.05, 3.63) is 59.4 Å². The highest BCUT2D eigenvalue weighted by Crippen LogP contribution is 2.28. The molecule has 102 valence electrons. The smallest absolute Gasteiger partial charge is 0.249 e. The number of hydrogen-bond donors (Lipinski definition) is 0. The molecule has 0 unspecified atom stereocenters. The number of carbonyl (C=O) groups is 1. The van der Waals surface area contributed by atoms with Crippen molar-refractivity contribution in [2.24, 2.45) is 0 Å². The normalized spacial score (nSPS) is 10.3. The minimum Gasteiger partial charge on any atom is -0.437 e. The van der Waals surface area contributed by atoms with Crippen LogP contribution in [0.4, 0.5) is 0 Å². The second kappa shape index (κ2) is 5.10. The van der Waals surface area contributed by atoms with Gasteiger partial charge < -0.3 is 4.74 Å². The van der Waals surface area contributed by atoms with Gasteiger partial charge in [-0.2, -0.15) is 10.2 Å². The van der Waals surface area contributed by atoms with E-state index in [0.717, 1.165) is 5.56 Å². The molecular weight excluding hydrogens is 266 g/mol. The molecular formula is C16H11N3O2. The highest BCUT2D eigenvalue weighted by atomic mass is 16.5. The van der Waals surface area contributed by atoms with Gasteiger partial charge in [-0.25, -0.2) is 0 Å². The number of imidazole rings is 1. The predicted octanol–water partition coefficient (Wildman–Crippen LogP) is 3.12. The highest BCUT2D eigenvalue weighted by molar-refractivity contribution is 5.78. The number of aldehydes is 1. The maximum Gasteiger partial charge on any atom is 0.249 e. The number of carbonyl (C=O) groups excluding carboxylic acids is 1. The van der Waals surface area contributed by atoms with Crippen LogP contribution < -0.4 is 4.74 Å². The zero-order valence-electron chi connectivity index (χ0n) is 11.3. The van der Waals surface area contributed by atoms with Crippen LogP contribution >= 0.6 is 0 Å². The van der Waals surface area contributed by atoms with E-state index in [4.69, 9.17) is 10.00 Å². The van der Waals surface area contributed by atoms with Gasteiger partial charge in [0.15, 0.2) is 12.0 Å². The fourth-order valence-electron chi connectivity index (χ4n) is 2.06. The van der Waals surface area contributed by atoms with E-state index in [1.54, 1.807) is 34.9 Å². The third-order valence-corrected chi connectivity index (χ3v) is 3.17. The summed E-state index contributed by atoms with van der Waals surface area (Å²) in [5.41, 5.74) is 2.32. The molecule has 0 N–H and O–H groups in total. The number of benzene rings is 1. The number of hydrogen-bond acceptors (Lipinski definition) is 4. The number of nitriles is 1. The molecule has 0 fully saturated rings. The molecule has 0 aliphatic carbocycles. The molecule has 2 aromatic heterocycles. The van der Waals surface area contributed by atoms with Crippen LogP contribution in [-0.2, 0) is 0 Å². The van der Waals surface area contributed by atoms with Crippen molar-refractivity contribution < 1.29 is 9.53 Å². The van der Waals surface area contributed by atoms with Crippen molar-refractivity contribution in [3.8, 4) is 17.7 Å². The number of pyridine rings is 1. The first-order valence-corrected chi connectivity index (χ1v) is 6.34. The molecule has 0 radical (unpaired) electrons. The number of rotatable bonds is 3. The Hall–Kier alpha value is -3.13. The van der Waals surface area contributed by atoms with E-state index in [1.807, 2.05) is 19.1 Å². The van der Waals surface area contributed by atoms with Crippen LogP contribution in [0.3, 0.4) is 0 Å². The molecule has 0 amide bonds. The van der Waals surface area contributed by atoms with Crippen LogP contribution in [0.2, 0.25) is 0 Å². The molecule has 3 rings (SSSR count). The number of aromatic nitrogens is 2. The van der Waals surface area contributed by atoms with Gasteiger partial charge in [0.05, 0.1) is 11.6 Å². The van der Waals surface area contributed by atoms with Crippen LogP contribution in [-0.4, -0.2) is 15.7 Å². The Morgan fingerprint density at radius 1 is 1.33 bits per heavy atom. The second-order valence-corrected chi connectivity index (χ2v) is 4.54. The molecule has 21 heavy (non-hydrogen) atoms. The average molecular weight is 277 g/mol. The molecule has 3 aromatic rings. The van der Waals surface area contributed by atoms with E-state index in [2.05, 4.69) is 11.1 Å². The standard InChI is InChI=1S/C16H11N3O2/c1-11-5-6-12(9-17)8-14(11)21-16-13(10-20)19-7-3-2-4-15(19)18-16/h2-8,10H,1H3. The van der Waals surface area contributed by atoms with E-state index in [1.165, 1.54) is 0 Å². The van der Waals surface area contributed by atoms with Crippen molar-refractivity contribution in [1.82, 2.24) is 9.38 Å². The van der Waals surface area contributed by atoms with E-state index in [0.29, 0.717) is 28.9 Å². The molecule has 0 atom stereocenters. The first kappa shape index (κ1) is 12.9. The van der Waals surface area contributed by atoms with Gasteiger partial charge in [-0.15, -0.1) is 0 Å². The number of aryl methyl sites for hydroxylation is 1. The molecule has 0 aliphatic rings. The van der Waals surface area contributed by atoms with E-state index in [-0.39, 0.29) is 5.88 Å². The lowest BCUT2D eigenvalue weighted by molar-refractivity contribution is 0.111. The maximum atomic E-state index is 11.3. The summed E-state index contributed by atoms with van der Waals surface area (Å²) >= 11 is 0. The molecule has 0 aliphatic heterocycles. The summed E-state index contributed by atoms with van der Waals surface area (Å²) < 4.78 is 7.40. The molecule has 0 bridgehead atoms.